The van der Waals surface area contributed by atoms with Crippen LogP contribution in [0.25, 0.3) is 5.20 Å². The summed E-state index contributed by atoms with van der Waals surface area (Å²) in [6, 6.07) is 8.22. The standard InChI is InChI=1S/C17H24OSi2/c1-19(2,3)12-11-15-16(18)13-9-7-8-10-14(13)17(15)20(4,5)6/h7-10,16,18H,1-6H3. The summed E-state index contributed by atoms with van der Waals surface area (Å²) in [5.41, 5.74) is 6.64. The van der Waals surface area contributed by atoms with Crippen LogP contribution >= 0.6 is 0 Å². The van der Waals surface area contributed by atoms with Crippen LogP contribution in [0.5, 0.6) is 0 Å². The summed E-state index contributed by atoms with van der Waals surface area (Å²) in [7, 11) is -2.98. The fourth-order valence-electron chi connectivity index (χ4n) is 2.59. The number of rotatable bonds is 1. The van der Waals surface area contributed by atoms with Crippen LogP contribution in [-0.2, 0) is 0 Å². The van der Waals surface area contributed by atoms with Gasteiger partial charge in [-0.3, -0.25) is 0 Å². The largest absolute Gasteiger partial charge is 0.383 e. The molecule has 1 unspecified atom stereocenters. The maximum absolute atomic E-state index is 10.6. The highest BCUT2D eigenvalue weighted by molar-refractivity contribution is 6.94. The Morgan fingerprint density at radius 3 is 2.15 bits per heavy atom. The molecule has 0 spiro atoms. The summed E-state index contributed by atoms with van der Waals surface area (Å²) >= 11 is 0. The average molecular weight is 301 g/mol. The Labute approximate surface area is 124 Å². The van der Waals surface area contributed by atoms with Crippen LogP contribution < -0.4 is 0 Å². The number of benzene rings is 1. The van der Waals surface area contributed by atoms with Gasteiger partial charge in [0.1, 0.15) is 14.2 Å². The summed E-state index contributed by atoms with van der Waals surface area (Å²) in [6.45, 7) is 13.7. The highest BCUT2D eigenvalue weighted by Gasteiger charge is 2.35. The lowest BCUT2D eigenvalue weighted by Crippen LogP contribution is -2.23. The fourth-order valence-corrected chi connectivity index (χ4v) is 5.15. The van der Waals surface area contributed by atoms with Gasteiger partial charge in [-0.25, -0.2) is 0 Å². The first-order valence-electron chi connectivity index (χ1n) is 7.16. The predicted octanol–water partition coefficient (Wildman–Crippen LogP) is 4.25. The van der Waals surface area contributed by atoms with E-state index in [9.17, 15) is 5.11 Å². The van der Waals surface area contributed by atoms with E-state index in [-0.39, 0.29) is 0 Å². The Bertz CT molecular complexity index is 619. The molecule has 0 amide bonds. The molecule has 1 nitrogen and oxygen atoms in total. The van der Waals surface area contributed by atoms with Gasteiger partial charge in [0.25, 0.3) is 0 Å². The van der Waals surface area contributed by atoms with Gasteiger partial charge >= 0.3 is 0 Å². The van der Waals surface area contributed by atoms with Gasteiger partial charge in [-0.05, 0) is 16.3 Å². The van der Waals surface area contributed by atoms with Crippen LogP contribution in [0.2, 0.25) is 39.3 Å². The molecule has 3 heteroatoms. The molecule has 0 aromatic heterocycles. The third-order valence-corrected chi connectivity index (χ3v) is 6.30. The second kappa shape index (κ2) is 5.03. The SMILES string of the molecule is C[Si](C)(C)C#CC1=C([Si](C)(C)C)c2ccccc2C1O. The van der Waals surface area contributed by atoms with E-state index in [2.05, 4.69) is 62.9 Å². The van der Waals surface area contributed by atoms with E-state index in [1.807, 2.05) is 12.1 Å². The van der Waals surface area contributed by atoms with Crippen LogP contribution in [0, 0.1) is 11.5 Å². The fraction of sp³-hybridized carbons (Fsp3) is 0.412. The average Bonchev–Trinajstić information content (AvgIpc) is 2.59. The van der Waals surface area contributed by atoms with Crippen LogP contribution in [0.15, 0.2) is 29.8 Å². The van der Waals surface area contributed by atoms with E-state index < -0.39 is 22.3 Å². The Hall–Kier alpha value is -1.09. The number of aliphatic hydroxyl groups is 1. The zero-order chi connectivity index (χ0) is 15.1. The van der Waals surface area contributed by atoms with Crippen molar-refractivity contribution in [2.45, 2.75) is 45.4 Å². The van der Waals surface area contributed by atoms with E-state index in [4.69, 9.17) is 0 Å². The highest BCUT2D eigenvalue weighted by atomic mass is 28.3. The molecule has 0 radical (unpaired) electrons. The minimum Gasteiger partial charge on any atom is -0.383 e. The summed E-state index contributed by atoms with van der Waals surface area (Å²) in [5, 5.41) is 12.0. The van der Waals surface area contributed by atoms with Crippen molar-refractivity contribution in [3.63, 3.8) is 0 Å². The number of hydrogen-bond donors (Lipinski definition) is 1. The molecular formula is C17H24OSi2. The van der Waals surface area contributed by atoms with Gasteiger partial charge in [0.05, 0.1) is 8.07 Å². The Balaban J connectivity index is 2.64. The number of hydrogen-bond acceptors (Lipinski definition) is 1. The zero-order valence-corrected chi connectivity index (χ0v) is 15.3. The molecule has 1 N–H and O–H groups in total. The summed E-state index contributed by atoms with van der Waals surface area (Å²) in [5.74, 6) is 3.35. The first-order chi connectivity index (χ1) is 9.11. The Morgan fingerprint density at radius 1 is 1.00 bits per heavy atom. The molecule has 1 aliphatic carbocycles. The van der Waals surface area contributed by atoms with Crippen molar-refractivity contribution in [3.8, 4) is 11.5 Å². The van der Waals surface area contributed by atoms with Crippen molar-refractivity contribution >= 4 is 21.3 Å². The summed E-state index contributed by atoms with van der Waals surface area (Å²) in [6.07, 6.45) is -0.531. The third-order valence-electron chi connectivity index (χ3n) is 3.39. The number of fused-ring (bicyclic) bond motifs is 1. The third kappa shape index (κ3) is 2.98. The zero-order valence-electron chi connectivity index (χ0n) is 13.3. The molecule has 1 atom stereocenters. The molecule has 0 fully saturated rings. The molecule has 0 aliphatic heterocycles. The minimum atomic E-state index is -1.54. The normalized spacial score (nSPS) is 18.6. The monoisotopic (exact) mass is 300 g/mol. The van der Waals surface area contributed by atoms with E-state index in [1.165, 1.54) is 10.8 Å². The predicted molar refractivity (Wildman–Crippen MR) is 92.8 cm³/mol. The van der Waals surface area contributed by atoms with Crippen molar-refractivity contribution in [3.05, 3.63) is 41.0 Å². The molecule has 106 valence electrons. The van der Waals surface area contributed by atoms with Crippen LogP contribution in [-0.4, -0.2) is 21.3 Å². The van der Waals surface area contributed by atoms with Gasteiger partial charge in [-0.15, -0.1) is 5.54 Å². The van der Waals surface area contributed by atoms with Crippen molar-refractivity contribution < 1.29 is 5.11 Å². The lowest BCUT2D eigenvalue weighted by Gasteiger charge is -2.20. The number of aliphatic hydroxyl groups excluding tert-OH is 1. The molecule has 2 rings (SSSR count). The molecule has 1 aliphatic rings. The van der Waals surface area contributed by atoms with Gasteiger partial charge in [-0.2, -0.15) is 0 Å². The van der Waals surface area contributed by atoms with E-state index in [0.29, 0.717) is 0 Å². The van der Waals surface area contributed by atoms with E-state index in [1.54, 1.807) is 0 Å². The molecule has 1 aromatic carbocycles. The minimum absolute atomic E-state index is 0.531. The quantitative estimate of drug-likeness (QED) is 0.607. The molecule has 0 bridgehead atoms. The highest BCUT2D eigenvalue weighted by Crippen LogP contribution is 2.44. The topological polar surface area (TPSA) is 20.2 Å². The molecule has 1 aromatic rings. The summed E-state index contributed by atoms with van der Waals surface area (Å²) < 4.78 is 0. The van der Waals surface area contributed by atoms with E-state index >= 15 is 0 Å². The molecule has 0 saturated carbocycles. The lowest BCUT2D eigenvalue weighted by molar-refractivity contribution is 0.224. The first kappa shape index (κ1) is 15.3. The van der Waals surface area contributed by atoms with Crippen LogP contribution in [0.3, 0.4) is 0 Å². The van der Waals surface area contributed by atoms with Gasteiger partial charge in [0.15, 0.2) is 0 Å². The lowest BCUT2D eigenvalue weighted by atomic mass is 10.1. The summed E-state index contributed by atoms with van der Waals surface area (Å²) in [4.78, 5) is 0. The van der Waals surface area contributed by atoms with Crippen molar-refractivity contribution in [2.24, 2.45) is 0 Å². The Kier molecular flexibility index (Phi) is 3.85. The van der Waals surface area contributed by atoms with E-state index in [0.717, 1.165) is 11.1 Å². The molecule has 0 heterocycles. The molecule has 0 saturated heterocycles. The van der Waals surface area contributed by atoms with Gasteiger partial charge in [-0.1, -0.05) is 69.5 Å². The maximum atomic E-state index is 10.6. The Morgan fingerprint density at radius 2 is 1.60 bits per heavy atom. The first-order valence-corrected chi connectivity index (χ1v) is 14.2. The molecule has 20 heavy (non-hydrogen) atoms. The van der Waals surface area contributed by atoms with Crippen LogP contribution in [0.1, 0.15) is 17.2 Å². The maximum Gasteiger partial charge on any atom is 0.129 e. The van der Waals surface area contributed by atoms with Gasteiger partial charge < -0.3 is 5.11 Å². The second-order valence-electron chi connectivity index (χ2n) is 7.53. The van der Waals surface area contributed by atoms with Gasteiger partial charge in [0, 0.05) is 5.57 Å². The van der Waals surface area contributed by atoms with Crippen molar-refractivity contribution in [1.82, 2.24) is 0 Å². The second-order valence-corrected chi connectivity index (χ2v) is 17.3. The van der Waals surface area contributed by atoms with Crippen LogP contribution in [0.4, 0.5) is 0 Å². The van der Waals surface area contributed by atoms with Crippen molar-refractivity contribution in [2.75, 3.05) is 0 Å². The smallest absolute Gasteiger partial charge is 0.129 e. The van der Waals surface area contributed by atoms with Gasteiger partial charge in [0.2, 0.25) is 0 Å². The van der Waals surface area contributed by atoms with Crippen molar-refractivity contribution in [1.29, 1.82) is 0 Å². The molecular weight excluding hydrogens is 276 g/mol.